The van der Waals surface area contributed by atoms with Crippen molar-refractivity contribution in [3.63, 3.8) is 0 Å². The predicted octanol–water partition coefficient (Wildman–Crippen LogP) is 3.77. The van der Waals surface area contributed by atoms with Gasteiger partial charge in [-0.15, -0.1) is 11.3 Å². The fraction of sp³-hybridized carbons (Fsp3) is 0.190. The number of fused-ring (bicyclic) bond motifs is 1. The zero-order valence-corrected chi connectivity index (χ0v) is 17.7. The Hall–Kier alpha value is -2.94. The maximum Gasteiger partial charge on any atom is 0.222 e. The summed E-state index contributed by atoms with van der Waals surface area (Å²) >= 11 is 7.71. The number of rotatable bonds is 7. The lowest BCUT2D eigenvalue weighted by Gasteiger charge is -2.16. The Morgan fingerprint density at radius 2 is 2.13 bits per heavy atom. The van der Waals surface area contributed by atoms with Crippen LogP contribution in [0.5, 0.6) is 5.75 Å². The zero-order valence-electron chi connectivity index (χ0n) is 16.1. The molecule has 0 aliphatic carbocycles. The summed E-state index contributed by atoms with van der Waals surface area (Å²) in [7, 11) is 0. The maximum atomic E-state index is 11.6. The molecule has 0 saturated carbocycles. The number of primary amides is 1. The summed E-state index contributed by atoms with van der Waals surface area (Å²) in [5.74, 6) is 0.135. The Morgan fingerprint density at radius 1 is 1.33 bits per heavy atom. The molecule has 0 fully saturated rings. The van der Waals surface area contributed by atoms with E-state index >= 15 is 0 Å². The minimum Gasteiger partial charge on any atom is -0.485 e. The van der Waals surface area contributed by atoms with E-state index in [0.29, 0.717) is 22.1 Å². The monoisotopic (exact) mass is 442 g/mol. The van der Waals surface area contributed by atoms with Gasteiger partial charge in [0.1, 0.15) is 11.9 Å². The van der Waals surface area contributed by atoms with Crippen LogP contribution in [0.4, 0.5) is 0 Å². The molecule has 3 heterocycles. The number of nitrogens with zero attached hydrogens (tertiary/aromatic N) is 3. The van der Waals surface area contributed by atoms with Gasteiger partial charge in [0.2, 0.25) is 5.91 Å². The Labute approximate surface area is 181 Å². The summed E-state index contributed by atoms with van der Waals surface area (Å²) in [5.41, 5.74) is 8.29. The van der Waals surface area contributed by atoms with Gasteiger partial charge in [0.15, 0.2) is 5.65 Å². The highest BCUT2D eigenvalue weighted by atomic mass is 35.5. The van der Waals surface area contributed by atoms with Crippen molar-refractivity contribution in [1.29, 1.82) is 0 Å². The van der Waals surface area contributed by atoms with Gasteiger partial charge in [0, 0.05) is 22.8 Å². The van der Waals surface area contributed by atoms with Crippen LogP contribution in [-0.4, -0.2) is 25.4 Å². The van der Waals surface area contributed by atoms with Gasteiger partial charge in [-0.2, -0.15) is 0 Å². The third-order valence-corrected chi connectivity index (χ3v) is 6.10. The number of ether oxygens (including phenoxy) is 1. The fourth-order valence-electron chi connectivity index (χ4n) is 3.17. The molecule has 9 heteroatoms. The van der Waals surface area contributed by atoms with Crippen LogP contribution in [0.3, 0.4) is 0 Å². The van der Waals surface area contributed by atoms with E-state index in [0.717, 1.165) is 21.0 Å². The number of carbonyl (C=O) groups excluding carboxylic acids is 1. The molecule has 4 rings (SSSR count). The highest BCUT2D eigenvalue weighted by Gasteiger charge is 2.20. The molecule has 3 N–H and O–H groups in total. The number of hydrogen-bond donors (Lipinski definition) is 2. The molecule has 30 heavy (non-hydrogen) atoms. The second kappa shape index (κ2) is 8.43. The largest absolute Gasteiger partial charge is 0.485 e. The van der Waals surface area contributed by atoms with Crippen LogP contribution >= 0.6 is 22.9 Å². The number of aliphatic hydroxyl groups excluding tert-OH is 1. The number of benzene rings is 1. The lowest BCUT2D eigenvalue weighted by Crippen LogP contribution is -2.13. The number of halogens is 1. The second-order valence-corrected chi connectivity index (χ2v) is 8.28. The first-order valence-corrected chi connectivity index (χ1v) is 10.4. The van der Waals surface area contributed by atoms with Gasteiger partial charge in [-0.05, 0) is 13.0 Å². The molecule has 3 aromatic heterocycles. The summed E-state index contributed by atoms with van der Waals surface area (Å²) in [4.78, 5) is 21.7. The number of imidazole rings is 1. The SMILES string of the molecule is C[C@@H](Oc1cc(-c2cnc3cnc(CO)cn23)sc1CC(N)=O)c1ccccc1Cl. The number of carbonyl (C=O) groups is 1. The number of nitrogens with two attached hydrogens (primary N) is 1. The highest BCUT2D eigenvalue weighted by molar-refractivity contribution is 7.15. The van der Waals surface area contributed by atoms with E-state index in [1.165, 1.54) is 11.3 Å². The average Bonchev–Trinajstić information content (AvgIpc) is 3.31. The molecule has 1 aromatic carbocycles. The zero-order chi connectivity index (χ0) is 21.3. The molecule has 0 spiro atoms. The molecule has 0 aliphatic heterocycles. The molecule has 0 aliphatic rings. The van der Waals surface area contributed by atoms with Crippen molar-refractivity contribution in [2.45, 2.75) is 26.1 Å². The van der Waals surface area contributed by atoms with Crippen molar-refractivity contribution in [2.75, 3.05) is 0 Å². The van der Waals surface area contributed by atoms with Crippen molar-refractivity contribution in [3.8, 4) is 16.3 Å². The molecular weight excluding hydrogens is 424 g/mol. The van der Waals surface area contributed by atoms with Gasteiger partial charge in [0.05, 0.1) is 46.6 Å². The highest BCUT2D eigenvalue weighted by Crippen LogP contribution is 2.39. The van der Waals surface area contributed by atoms with Crippen LogP contribution in [0.25, 0.3) is 16.2 Å². The van der Waals surface area contributed by atoms with Crippen LogP contribution in [0.15, 0.2) is 48.9 Å². The normalized spacial score (nSPS) is 12.2. The number of amides is 1. The minimum atomic E-state index is -0.441. The lowest BCUT2D eigenvalue weighted by molar-refractivity contribution is -0.117. The van der Waals surface area contributed by atoms with Crippen LogP contribution < -0.4 is 10.5 Å². The van der Waals surface area contributed by atoms with Crippen molar-refractivity contribution in [1.82, 2.24) is 14.4 Å². The van der Waals surface area contributed by atoms with E-state index < -0.39 is 5.91 Å². The van der Waals surface area contributed by atoms with Gasteiger partial charge in [-0.3, -0.25) is 14.2 Å². The Kier molecular flexibility index (Phi) is 5.72. The van der Waals surface area contributed by atoms with E-state index in [4.69, 9.17) is 22.1 Å². The molecule has 0 saturated heterocycles. The molecule has 1 amide bonds. The first-order valence-electron chi connectivity index (χ1n) is 9.21. The van der Waals surface area contributed by atoms with Crippen molar-refractivity contribution < 1.29 is 14.6 Å². The third-order valence-electron chi connectivity index (χ3n) is 4.62. The van der Waals surface area contributed by atoms with E-state index in [1.54, 1.807) is 18.6 Å². The number of thiophene rings is 1. The topological polar surface area (TPSA) is 103 Å². The first kappa shape index (κ1) is 20.3. The lowest BCUT2D eigenvalue weighted by atomic mass is 10.1. The minimum absolute atomic E-state index is 0.0649. The van der Waals surface area contributed by atoms with E-state index in [1.807, 2.05) is 41.7 Å². The molecule has 154 valence electrons. The Balaban J connectivity index is 1.74. The number of hydrogen-bond acceptors (Lipinski definition) is 6. The number of aliphatic hydroxyl groups is 1. The smallest absolute Gasteiger partial charge is 0.222 e. The van der Waals surface area contributed by atoms with Crippen LogP contribution in [0.2, 0.25) is 5.02 Å². The van der Waals surface area contributed by atoms with Crippen LogP contribution in [0, 0.1) is 0 Å². The average molecular weight is 443 g/mol. The van der Waals surface area contributed by atoms with Gasteiger partial charge in [-0.25, -0.2) is 4.98 Å². The summed E-state index contributed by atoms with van der Waals surface area (Å²) < 4.78 is 8.03. The summed E-state index contributed by atoms with van der Waals surface area (Å²) in [6, 6.07) is 9.35. The van der Waals surface area contributed by atoms with E-state index in [2.05, 4.69) is 9.97 Å². The predicted molar refractivity (Wildman–Crippen MR) is 116 cm³/mol. The number of aromatic nitrogens is 3. The van der Waals surface area contributed by atoms with Crippen LogP contribution in [-0.2, 0) is 17.8 Å². The summed E-state index contributed by atoms with van der Waals surface area (Å²) in [6.45, 7) is 1.73. The quantitative estimate of drug-likeness (QED) is 0.453. The Morgan fingerprint density at radius 3 is 2.87 bits per heavy atom. The summed E-state index contributed by atoms with van der Waals surface area (Å²) in [5, 5.41) is 10.0. The van der Waals surface area contributed by atoms with Crippen molar-refractivity contribution >= 4 is 34.5 Å². The molecule has 1 atom stereocenters. The Bertz CT molecular complexity index is 1220. The van der Waals surface area contributed by atoms with Gasteiger partial charge in [-0.1, -0.05) is 29.8 Å². The molecule has 7 nitrogen and oxygen atoms in total. The summed E-state index contributed by atoms with van der Waals surface area (Å²) in [6.07, 6.45) is 4.80. The standard InChI is InChI=1S/C21H19ClN4O3S/c1-12(14-4-2-3-5-15(14)22)29-17-6-18(30-19(17)7-20(23)28)16-8-25-21-9-24-13(11-27)10-26(16)21/h2-6,8-10,12,27H,7,11H2,1H3,(H2,23,28)/t12-/m1/s1. The van der Waals surface area contributed by atoms with Crippen molar-refractivity contribution in [2.24, 2.45) is 5.73 Å². The molecular formula is C21H19ClN4O3S. The molecule has 0 unspecified atom stereocenters. The molecule has 4 aromatic rings. The van der Waals surface area contributed by atoms with Gasteiger partial charge in [0.25, 0.3) is 0 Å². The van der Waals surface area contributed by atoms with Gasteiger partial charge >= 0.3 is 0 Å². The first-order chi connectivity index (χ1) is 14.5. The molecule has 0 bridgehead atoms. The van der Waals surface area contributed by atoms with Crippen LogP contribution in [0.1, 0.15) is 29.2 Å². The van der Waals surface area contributed by atoms with Gasteiger partial charge < -0.3 is 15.6 Å². The van der Waals surface area contributed by atoms with E-state index in [9.17, 15) is 9.90 Å². The third kappa shape index (κ3) is 4.02. The molecule has 0 radical (unpaired) electrons. The van der Waals surface area contributed by atoms with Crippen molar-refractivity contribution in [3.05, 3.63) is 70.1 Å². The van der Waals surface area contributed by atoms with E-state index in [-0.39, 0.29) is 19.1 Å². The fourth-order valence-corrected chi connectivity index (χ4v) is 4.57. The second-order valence-electron chi connectivity index (χ2n) is 6.73. The maximum absolute atomic E-state index is 11.6.